The number of benzene rings is 7. The summed E-state index contributed by atoms with van der Waals surface area (Å²) in [7, 11) is 0. The molecule has 0 aliphatic carbocycles. The normalized spacial score (nSPS) is 11.6. The predicted molar refractivity (Wildman–Crippen MR) is 213 cm³/mol. The SMILES string of the molecule is c1ccc(-c2cc(-c3ccc4c(c3)sc3cccc(-c5nc(-c6ccccc6)nc(-c6ccccc6)n5)c34)c3sc4ccccc4c3c2)cc1. The van der Waals surface area contributed by atoms with Gasteiger partial charge in [0.25, 0.3) is 0 Å². The van der Waals surface area contributed by atoms with Gasteiger partial charge in [-0.25, -0.2) is 15.0 Å². The fourth-order valence-electron chi connectivity index (χ4n) is 6.95. The zero-order chi connectivity index (χ0) is 33.0. The maximum atomic E-state index is 5.08. The van der Waals surface area contributed by atoms with E-state index in [0.717, 1.165) is 16.7 Å². The van der Waals surface area contributed by atoms with E-state index in [1.54, 1.807) is 0 Å². The summed E-state index contributed by atoms with van der Waals surface area (Å²) in [5, 5.41) is 4.99. The Morgan fingerprint density at radius 3 is 1.66 bits per heavy atom. The largest absolute Gasteiger partial charge is 0.208 e. The lowest BCUT2D eigenvalue weighted by atomic mass is 9.95. The number of fused-ring (bicyclic) bond motifs is 6. The molecule has 3 nitrogen and oxygen atoms in total. The van der Waals surface area contributed by atoms with Crippen LogP contribution in [0.3, 0.4) is 0 Å². The molecule has 0 aliphatic heterocycles. The molecule has 0 bridgehead atoms. The summed E-state index contributed by atoms with van der Waals surface area (Å²) in [6, 6.07) is 57.9. The minimum Gasteiger partial charge on any atom is -0.208 e. The first-order valence-corrected chi connectivity index (χ1v) is 18.2. The number of rotatable bonds is 5. The molecule has 0 atom stereocenters. The molecular weight excluding hydrogens is 647 g/mol. The zero-order valence-corrected chi connectivity index (χ0v) is 28.4. The second-order valence-electron chi connectivity index (χ2n) is 12.4. The second-order valence-corrected chi connectivity index (χ2v) is 14.5. The van der Waals surface area contributed by atoms with E-state index in [1.807, 2.05) is 59.1 Å². The third-order valence-corrected chi connectivity index (χ3v) is 11.7. The standard InChI is InChI=1S/C45H27N3S2/c1-4-13-28(14-5-1)32-25-36(42-37(26-32)33-19-10-11-21-38(33)50-42)31-23-24-34-40(27-31)49-39-22-12-20-35(41(34)39)45-47-43(29-15-6-2-7-16-29)46-44(48-45)30-17-8-3-9-18-30/h1-27H. The van der Waals surface area contributed by atoms with Crippen LogP contribution in [0.5, 0.6) is 0 Å². The molecule has 3 heterocycles. The average Bonchev–Trinajstić information content (AvgIpc) is 3.76. The maximum Gasteiger partial charge on any atom is 0.164 e. The van der Waals surface area contributed by atoms with Crippen molar-refractivity contribution < 1.29 is 0 Å². The van der Waals surface area contributed by atoms with Gasteiger partial charge in [-0.15, -0.1) is 22.7 Å². The molecule has 0 N–H and O–H groups in total. The summed E-state index contributed by atoms with van der Waals surface area (Å²) < 4.78 is 5.08. The third-order valence-electron chi connectivity index (χ3n) is 9.33. The van der Waals surface area contributed by atoms with Crippen LogP contribution < -0.4 is 0 Å². The number of thiophene rings is 2. The smallest absolute Gasteiger partial charge is 0.164 e. The number of hydrogen-bond donors (Lipinski definition) is 0. The van der Waals surface area contributed by atoms with Gasteiger partial charge in [-0.1, -0.05) is 133 Å². The van der Waals surface area contributed by atoms with Crippen molar-refractivity contribution in [3.8, 4) is 56.4 Å². The number of nitrogens with zero attached hydrogens (tertiary/aromatic N) is 3. The van der Waals surface area contributed by atoms with Crippen molar-refractivity contribution in [2.24, 2.45) is 0 Å². The van der Waals surface area contributed by atoms with Crippen molar-refractivity contribution in [3.63, 3.8) is 0 Å². The van der Waals surface area contributed by atoms with Crippen molar-refractivity contribution in [1.82, 2.24) is 15.0 Å². The van der Waals surface area contributed by atoms with Crippen molar-refractivity contribution in [1.29, 1.82) is 0 Å². The van der Waals surface area contributed by atoms with Gasteiger partial charge in [-0.05, 0) is 47.0 Å². The Bertz CT molecular complexity index is 2800. The summed E-state index contributed by atoms with van der Waals surface area (Å²) in [6.07, 6.45) is 0. The van der Waals surface area contributed by atoms with E-state index >= 15 is 0 Å². The van der Waals surface area contributed by atoms with E-state index in [0.29, 0.717) is 17.5 Å². The highest BCUT2D eigenvalue weighted by Crippen LogP contribution is 2.45. The molecule has 0 saturated heterocycles. The minimum absolute atomic E-state index is 0.666. The number of hydrogen-bond acceptors (Lipinski definition) is 5. The van der Waals surface area contributed by atoms with Gasteiger partial charge in [0.1, 0.15) is 0 Å². The first kappa shape index (κ1) is 29.0. The third kappa shape index (κ3) is 4.90. The van der Waals surface area contributed by atoms with Crippen LogP contribution in [-0.2, 0) is 0 Å². The van der Waals surface area contributed by atoms with Crippen molar-refractivity contribution >= 4 is 63.0 Å². The highest BCUT2D eigenvalue weighted by Gasteiger charge is 2.19. The quantitative estimate of drug-likeness (QED) is 0.182. The van der Waals surface area contributed by atoms with Gasteiger partial charge in [0.15, 0.2) is 17.5 Å². The molecular formula is C45H27N3S2. The van der Waals surface area contributed by atoms with Crippen LogP contribution in [0.25, 0.3) is 96.8 Å². The lowest BCUT2D eigenvalue weighted by molar-refractivity contribution is 1.08. The first-order valence-electron chi connectivity index (χ1n) is 16.6. The summed E-state index contributed by atoms with van der Waals surface area (Å²) in [4.78, 5) is 15.1. The van der Waals surface area contributed by atoms with Crippen molar-refractivity contribution in [2.75, 3.05) is 0 Å². The molecule has 0 amide bonds. The molecule has 3 aromatic heterocycles. The van der Waals surface area contributed by atoms with Gasteiger partial charge < -0.3 is 0 Å². The lowest BCUT2D eigenvalue weighted by Crippen LogP contribution is -2.00. The summed E-state index contributed by atoms with van der Waals surface area (Å²) in [6.45, 7) is 0. The van der Waals surface area contributed by atoms with Crippen molar-refractivity contribution in [3.05, 3.63) is 164 Å². The van der Waals surface area contributed by atoms with E-state index in [1.165, 1.54) is 62.6 Å². The predicted octanol–water partition coefficient (Wildman–Crippen LogP) is 12.9. The van der Waals surface area contributed by atoms with Crippen LogP contribution in [0.1, 0.15) is 0 Å². The highest BCUT2D eigenvalue weighted by molar-refractivity contribution is 7.26. The molecule has 0 unspecified atom stereocenters. The van der Waals surface area contributed by atoms with Crippen LogP contribution in [0.4, 0.5) is 0 Å². The minimum atomic E-state index is 0.666. The van der Waals surface area contributed by atoms with E-state index in [-0.39, 0.29) is 0 Å². The molecule has 7 aromatic carbocycles. The van der Waals surface area contributed by atoms with Crippen molar-refractivity contribution in [2.45, 2.75) is 0 Å². The van der Waals surface area contributed by atoms with E-state index < -0.39 is 0 Å². The van der Waals surface area contributed by atoms with Crippen LogP contribution in [-0.4, -0.2) is 15.0 Å². The summed E-state index contributed by atoms with van der Waals surface area (Å²) in [5.41, 5.74) is 7.87. The van der Waals surface area contributed by atoms with Gasteiger partial charge in [-0.3, -0.25) is 0 Å². The number of aromatic nitrogens is 3. The highest BCUT2D eigenvalue weighted by atomic mass is 32.1. The summed E-state index contributed by atoms with van der Waals surface area (Å²) >= 11 is 3.70. The topological polar surface area (TPSA) is 38.7 Å². The Hall–Kier alpha value is -6.01. The van der Waals surface area contributed by atoms with E-state index in [9.17, 15) is 0 Å². The Labute approximate surface area is 296 Å². The Kier molecular flexibility index (Phi) is 6.86. The second kappa shape index (κ2) is 11.8. The first-order chi connectivity index (χ1) is 24.8. The van der Waals surface area contributed by atoms with Gasteiger partial charge >= 0.3 is 0 Å². The molecule has 5 heteroatoms. The molecule has 50 heavy (non-hydrogen) atoms. The molecule has 234 valence electrons. The molecule has 0 saturated carbocycles. The van der Waals surface area contributed by atoms with Crippen LogP contribution >= 0.6 is 22.7 Å². The van der Waals surface area contributed by atoms with Gasteiger partial charge in [0.2, 0.25) is 0 Å². The molecule has 0 aliphatic rings. The molecule has 0 radical (unpaired) electrons. The average molecular weight is 674 g/mol. The van der Waals surface area contributed by atoms with Gasteiger partial charge in [-0.2, -0.15) is 0 Å². The molecule has 0 spiro atoms. The van der Waals surface area contributed by atoms with E-state index in [2.05, 4.69) is 127 Å². The van der Waals surface area contributed by atoms with Crippen LogP contribution in [0.15, 0.2) is 164 Å². The molecule has 10 rings (SSSR count). The monoisotopic (exact) mass is 673 g/mol. The Morgan fingerprint density at radius 1 is 0.320 bits per heavy atom. The van der Waals surface area contributed by atoms with E-state index in [4.69, 9.17) is 15.0 Å². The van der Waals surface area contributed by atoms with Gasteiger partial charge in [0.05, 0.1) is 0 Å². The fraction of sp³-hybridized carbons (Fsp3) is 0. The Balaban J connectivity index is 1.17. The maximum absolute atomic E-state index is 5.08. The zero-order valence-electron chi connectivity index (χ0n) is 26.7. The molecule has 0 fully saturated rings. The van der Waals surface area contributed by atoms with Gasteiger partial charge in [0, 0.05) is 62.6 Å². The molecule has 10 aromatic rings. The Morgan fingerprint density at radius 2 is 0.940 bits per heavy atom. The fourth-order valence-corrected chi connectivity index (χ4v) is 9.34. The van der Waals surface area contributed by atoms with Crippen LogP contribution in [0, 0.1) is 0 Å². The lowest BCUT2D eigenvalue weighted by Gasteiger charge is -2.10. The summed E-state index contributed by atoms with van der Waals surface area (Å²) in [5.74, 6) is 2.01. The van der Waals surface area contributed by atoms with Crippen LogP contribution in [0.2, 0.25) is 0 Å².